The van der Waals surface area contributed by atoms with Gasteiger partial charge in [-0.05, 0) is 18.4 Å². The minimum atomic E-state index is -2.38. The Bertz CT molecular complexity index is 1250. The monoisotopic (exact) mass is 658 g/mol. The van der Waals surface area contributed by atoms with Crippen molar-refractivity contribution >= 4 is 41.4 Å². The Morgan fingerprint density at radius 2 is 1.53 bits per heavy atom. The molecule has 0 bridgehead atoms. The summed E-state index contributed by atoms with van der Waals surface area (Å²) >= 11 is 6.77. The maximum Gasteiger partial charge on any atom is 0.312 e. The number of aliphatic hydroxyl groups is 2. The SMILES string of the molecule is C=C1C(O)CC(OC(C)=O)C2(C)C(OC(=O)CC(C)C)CC(OC(C)=O)C3(CO3)C2C(OC(C)=O)C2(O)C(C)C(=O)OC2C1Cl. The number of epoxide rings is 1. The zero-order chi connectivity index (χ0) is 33.8. The quantitative estimate of drug-likeness (QED) is 0.138. The number of hydrogen-bond donors (Lipinski definition) is 2. The highest BCUT2D eigenvalue weighted by molar-refractivity contribution is 6.23. The molecule has 1 spiro atoms. The molecule has 45 heavy (non-hydrogen) atoms. The van der Waals surface area contributed by atoms with Crippen LogP contribution in [0.5, 0.6) is 0 Å². The number of carbonyl (C=O) groups is 5. The maximum absolute atomic E-state index is 13.3. The largest absolute Gasteiger partial charge is 0.462 e. The first kappa shape index (κ1) is 35.1. The van der Waals surface area contributed by atoms with E-state index in [1.54, 1.807) is 6.92 Å². The average Bonchev–Trinajstić information content (AvgIpc) is 3.66. The standard InChI is InChI=1S/C31H43ClO13/c1-13(2)9-23(37)44-21-11-22(42-17(6)34)30(12-40-30)25-27(43-18(7)35)31(39)15(4)28(38)45-26(31)24(32)14(3)19(36)10-20(29(21,25)8)41-16(5)33/h13,15,19-22,24-27,36,39H,3,9-12H2,1-2,4-8H3. The maximum atomic E-state index is 13.3. The van der Waals surface area contributed by atoms with Gasteiger partial charge in [-0.3, -0.25) is 24.0 Å². The highest BCUT2D eigenvalue weighted by atomic mass is 35.5. The summed E-state index contributed by atoms with van der Waals surface area (Å²) in [6.07, 6.45) is -8.75. The summed E-state index contributed by atoms with van der Waals surface area (Å²) in [5, 5.41) is 22.7. The Morgan fingerprint density at radius 1 is 1.00 bits per heavy atom. The molecule has 12 atom stereocenters. The highest BCUT2D eigenvalue weighted by Gasteiger charge is 2.79. The second kappa shape index (κ2) is 12.5. The first-order valence-corrected chi connectivity index (χ1v) is 15.5. The van der Waals surface area contributed by atoms with Crippen molar-refractivity contribution in [2.45, 2.75) is 121 Å². The zero-order valence-corrected chi connectivity index (χ0v) is 27.3. The van der Waals surface area contributed by atoms with Gasteiger partial charge in [-0.2, -0.15) is 0 Å². The van der Waals surface area contributed by atoms with Crippen LogP contribution in [-0.4, -0.2) is 99.9 Å². The van der Waals surface area contributed by atoms with Gasteiger partial charge < -0.3 is 38.6 Å². The van der Waals surface area contributed by atoms with Gasteiger partial charge in [-0.15, -0.1) is 11.6 Å². The molecule has 0 aromatic carbocycles. The van der Waals surface area contributed by atoms with E-state index >= 15 is 0 Å². The summed E-state index contributed by atoms with van der Waals surface area (Å²) in [6.45, 7) is 13.9. The summed E-state index contributed by atoms with van der Waals surface area (Å²) in [7, 11) is 0. The smallest absolute Gasteiger partial charge is 0.312 e. The molecule has 4 fully saturated rings. The molecule has 12 unspecified atom stereocenters. The van der Waals surface area contributed by atoms with Crippen LogP contribution in [-0.2, 0) is 52.4 Å². The molecule has 2 aliphatic heterocycles. The summed E-state index contributed by atoms with van der Waals surface area (Å²) in [4.78, 5) is 64.3. The van der Waals surface area contributed by atoms with Crippen LogP contribution in [0.4, 0.5) is 0 Å². The van der Waals surface area contributed by atoms with Gasteiger partial charge in [0.15, 0.2) is 11.7 Å². The molecular formula is C31H43ClO13. The molecule has 2 saturated heterocycles. The minimum Gasteiger partial charge on any atom is -0.462 e. The molecule has 2 saturated carbocycles. The summed E-state index contributed by atoms with van der Waals surface area (Å²) < 4.78 is 35.3. The lowest BCUT2D eigenvalue weighted by Crippen LogP contribution is -2.73. The molecule has 13 nitrogen and oxygen atoms in total. The number of ether oxygens (including phenoxy) is 6. The Balaban J connectivity index is 2.07. The number of alkyl halides is 1. The average molecular weight is 659 g/mol. The van der Waals surface area contributed by atoms with E-state index in [2.05, 4.69) is 6.58 Å². The fourth-order valence-electron chi connectivity index (χ4n) is 7.51. The second-order valence-electron chi connectivity index (χ2n) is 13.3. The van der Waals surface area contributed by atoms with Crippen LogP contribution < -0.4 is 0 Å². The van der Waals surface area contributed by atoms with E-state index in [0.29, 0.717) is 0 Å². The molecule has 14 heteroatoms. The van der Waals surface area contributed by atoms with E-state index in [1.807, 2.05) is 13.8 Å². The van der Waals surface area contributed by atoms with Gasteiger partial charge in [0, 0.05) is 46.0 Å². The topological polar surface area (TPSA) is 184 Å². The number of fused-ring (bicyclic) bond motifs is 3. The van der Waals surface area contributed by atoms with E-state index < -0.39 is 100 Å². The fraction of sp³-hybridized carbons (Fsp3) is 0.774. The number of esters is 5. The van der Waals surface area contributed by atoms with E-state index in [-0.39, 0.29) is 37.4 Å². The van der Waals surface area contributed by atoms with Crippen LogP contribution in [0.2, 0.25) is 0 Å². The molecule has 0 aromatic rings. The summed E-state index contributed by atoms with van der Waals surface area (Å²) in [6, 6.07) is 0. The number of rotatable bonds is 6. The number of halogens is 1. The van der Waals surface area contributed by atoms with Gasteiger partial charge in [0.1, 0.15) is 30.0 Å². The van der Waals surface area contributed by atoms with Crippen molar-refractivity contribution in [3.63, 3.8) is 0 Å². The Kier molecular flexibility index (Phi) is 9.72. The first-order valence-electron chi connectivity index (χ1n) is 15.1. The highest BCUT2D eigenvalue weighted by Crippen LogP contribution is 2.63. The molecule has 2 N–H and O–H groups in total. The first-order chi connectivity index (χ1) is 20.8. The van der Waals surface area contributed by atoms with Gasteiger partial charge in [0.25, 0.3) is 0 Å². The lowest BCUT2D eigenvalue weighted by atomic mass is 9.51. The van der Waals surface area contributed by atoms with Crippen LogP contribution >= 0.6 is 11.6 Å². The van der Waals surface area contributed by atoms with Crippen molar-refractivity contribution < 1.29 is 62.6 Å². The molecule has 4 aliphatic rings. The van der Waals surface area contributed by atoms with Gasteiger partial charge >= 0.3 is 29.8 Å². The summed E-state index contributed by atoms with van der Waals surface area (Å²) in [5.74, 6) is -6.48. The molecular weight excluding hydrogens is 616 g/mol. The van der Waals surface area contributed by atoms with Crippen LogP contribution in [0, 0.1) is 23.2 Å². The van der Waals surface area contributed by atoms with Crippen LogP contribution in [0.3, 0.4) is 0 Å². The molecule has 252 valence electrons. The van der Waals surface area contributed by atoms with Gasteiger partial charge in [0.05, 0.1) is 29.4 Å². The Morgan fingerprint density at radius 3 is 2.04 bits per heavy atom. The van der Waals surface area contributed by atoms with E-state index in [4.69, 9.17) is 40.0 Å². The molecule has 2 aliphatic carbocycles. The van der Waals surface area contributed by atoms with Crippen molar-refractivity contribution in [1.29, 1.82) is 0 Å². The minimum absolute atomic E-state index is 0.0154. The molecule has 2 heterocycles. The van der Waals surface area contributed by atoms with Crippen LogP contribution in [0.1, 0.15) is 67.7 Å². The van der Waals surface area contributed by atoms with E-state index in [0.717, 1.165) is 13.8 Å². The van der Waals surface area contributed by atoms with Crippen molar-refractivity contribution in [3.8, 4) is 0 Å². The van der Waals surface area contributed by atoms with Crippen LogP contribution in [0.25, 0.3) is 0 Å². The number of aliphatic hydroxyl groups excluding tert-OH is 1. The van der Waals surface area contributed by atoms with Crippen molar-refractivity contribution in [2.24, 2.45) is 23.2 Å². The molecule has 0 amide bonds. The van der Waals surface area contributed by atoms with E-state index in [1.165, 1.54) is 13.8 Å². The van der Waals surface area contributed by atoms with Crippen molar-refractivity contribution in [2.75, 3.05) is 6.61 Å². The number of hydrogen-bond acceptors (Lipinski definition) is 13. The van der Waals surface area contributed by atoms with Crippen LogP contribution in [0.15, 0.2) is 12.2 Å². The van der Waals surface area contributed by atoms with Crippen molar-refractivity contribution in [1.82, 2.24) is 0 Å². The predicted molar refractivity (Wildman–Crippen MR) is 154 cm³/mol. The third-order valence-corrected chi connectivity index (χ3v) is 10.3. The Hall–Kier alpha value is -2.74. The lowest BCUT2D eigenvalue weighted by molar-refractivity contribution is -0.262. The van der Waals surface area contributed by atoms with Gasteiger partial charge in [0.2, 0.25) is 0 Å². The summed E-state index contributed by atoms with van der Waals surface area (Å²) in [5.41, 5.74) is -5.53. The predicted octanol–water partition coefficient (Wildman–Crippen LogP) is 1.76. The Labute approximate surface area is 266 Å². The second-order valence-corrected chi connectivity index (χ2v) is 13.8. The van der Waals surface area contributed by atoms with Gasteiger partial charge in [-0.25, -0.2) is 0 Å². The lowest BCUT2D eigenvalue weighted by Gasteiger charge is -2.58. The molecule has 4 rings (SSSR count). The number of carbonyl (C=O) groups excluding carboxylic acids is 5. The van der Waals surface area contributed by atoms with Gasteiger partial charge in [-0.1, -0.05) is 27.4 Å². The fourth-order valence-corrected chi connectivity index (χ4v) is 7.90. The zero-order valence-electron chi connectivity index (χ0n) is 26.6. The third-order valence-electron chi connectivity index (χ3n) is 9.78. The van der Waals surface area contributed by atoms with Crippen molar-refractivity contribution in [3.05, 3.63) is 12.2 Å². The normalized spacial score (nSPS) is 42.6. The van der Waals surface area contributed by atoms with E-state index in [9.17, 15) is 34.2 Å². The molecule has 0 aromatic heterocycles. The molecule has 0 radical (unpaired) electrons. The third kappa shape index (κ3) is 6.08.